The number of hydrogen-bond acceptors (Lipinski definition) is 5. The second kappa shape index (κ2) is 5.53. The highest BCUT2D eigenvalue weighted by Crippen LogP contribution is 1.88. The lowest BCUT2D eigenvalue weighted by molar-refractivity contribution is -0.138. The highest BCUT2D eigenvalue weighted by Gasteiger charge is 2.20. The van der Waals surface area contributed by atoms with Crippen molar-refractivity contribution in [3.8, 4) is 0 Å². The molecule has 0 spiro atoms. The van der Waals surface area contributed by atoms with Crippen molar-refractivity contribution in [2.24, 2.45) is 11.5 Å². The molecule has 0 fully saturated rings. The molecule has 0 saturated heterocycles. The Bertz CT molecular complexity index is 219. The van der Waals surface area contributed by atoms with E-state index in [1.165, 1.54) is 6.92 Å². The molecule has 3 unspecified atom stereocenters. The molecule has 0 saturated carbocycles. The first-order valence-corrected chi connectivity index (χ1v) is 4.06. The highest BCUT2D eigenvalue weighted by atomic mass is 16.4. The van der Waals surface area contributed by atoms with Gasteiger partial charge in [0.15, 0.2) is 0 Å². The summed E-state index contributed by atoms with van der Waals surface area (Å²) in [4.78, 5) is 21.3. The molecule has 0 aromatic heterocycles. The van der Waals surface area contributed by atoms with E-state index in [1.807, 2.05) is 0 Å². The van der Waals surface area contributed by atoms with Crippen LogP contribution in [0.25, 0.3) is 0 Å². The van der Waals surface area contributed by atoms with Crippen molar-refractivity contribution in [1.82, 2.24) is 5.32 Å². The Hall–Kier alpha value is -1.18. The molecule has 0 aliphatic heterocycles. The van der Waals surface area contributed by atoms with Gasteiger partial charge in [-0.2, -0.15) is 0 Å². The van der Waals surface area contributed by atoms with Crippen LogP contribution < -0.4 is 16.8 Å². The van der Waals surface area contributed by atoms with Gasteiger partial charge in [-0.25, -0.2) is 0 Å². The van der Waals surface area contributed by atoms with E-state index in [9.17, 15) is 9.59 Å². The molecule has 0 bridgehead atoms. The fraction of sp³-hybridized carbons (Fsp3) is 0.714. The summed E-state index contributed by atoms with van der Waals surface area (Å²) in [6, 6.07) is -2.24. The fourth-order valence-electron chi connectivity index (χ4n) is 0.635. The van der Waals surface area contributed by atoms with Crippen LogP contribution in [0.2, 0.25) is 0 Å². The summed E-state index contributed by atoms with van der Waals surface area (Å²) in [5, 5.41) is 19.5. The molecule has 7 nitrogen and oxygen atoms in total. The largest absolute Gasteiger partial charge is 0.480 e. The van der Waals surface area contributed by atoms with Crippen molar-refractivity contribution in [2.45, 2.75) is 25.1 Å². The van der Waals surface area contributed by atoms with E-state index in [0.717, 1.165) is 0 Å². The zero-order valence-corrected chi connectivity index (χ0v) is 7.80. The van der Waals surface area contributed by atoms with E-state index in [4.69, 9.17) is 21.7 Å². The maximum atomic E-state index is 11.1. The number of carbonyl (C=O) groups excluding carboxylic acids is 1. The summed E-state index contributed by atoms with van der Waals surface area (Å²) in [6.07, 6.45) is -0.990. The van der Waals surface area contributed by atoms with Crippen molar-refractivity contribution >= 4 is 11.9 Å². The van der Waals surface area contributed by atoms with Gasteiger partial charge in [-0.1, -0.05) is 0 Å². The number of aliphatic hydroxyl groups excluding tert-OH is 1. The number of aliphatic carboxylic acids is 1. The molecule has 0 heterocycles. The molecule has 0 aliphatic carbocycles. The van der Waals surface area contributed by atoms with Gasteiger partial charge in [-0.3, -0.25) is 9.59 Å². The zero-order chi connectivity index (χ0) is 11.3. The topological polar surface area (TPSA) is 139 Å². The molecule has 7 N–H and O–H groups in total. The average Bonchev–Trinajstić information content (AvgIpc) is 2.11. The molecular formula is C7H15N3O4. The van der Waals surface area contributed by atoms with Crippen LogP contribution >= 0.6 is 0 Å². The van der Waals surface area contributed by atoms with Crippen LogP contribution in [0, 0.1) is 0 Å². The SMILES string of the molecule is CC(O)C(N)C(=O)NCC(N)C(=O)O. The number of amides is 1. The van der Waals surface area contributed by atoms with Crippen LogP contribution in [0.3, 0.4) is 0 Å². The second-order valence-corrected chi connectivity index (χ2v) is 2.96. The molecule has 14 heavy (non-hydrogen) atoms. The number of carboxylic acids is 1. The summed E-state index contributed by atoms with van der Waals surface area (Å²) in [5.74, 6) is -1.84. The van der Waals surface area contributed by atoms with Crippen molar-refractivity contribution in [2.75, 3.05) is 6.54 Å². The monoisotopic (exact) mass is 205 g/mol. The van der Waals surface area contributed by atoms with Crippen LogP contribution in [-0.4, -0.2) is 46.8 Å². The maximum absolute atomic E-state index is 11.1. The Morgan fingerprint density at radius 1 is 1.43 bits per heavy atom. The van der Waals surface area contributed by atoms with Crippen LogP contribution in [0.4, 0.5) is 0 Å². The van der Waals surface area contributed by atoms with Gasteiger partial charge in [-0.05, 0) is 6.92 Å². The molecule has 3 atom stereocenters. The summed E-state index contributed by atoms with van der Waals surface area (Å²) >= 11 is 0. The predicted molar refractivity (Wildman–Crippen MR) is 48.3 cm³/mol. The lowest BCUT2D eigenvalue weighted by Crippen LogP contribution is -2.51. The van der Waals surface area contributed by atoms with Gasteiger partial charge in [0.2, 0.25) is 5.91 Å². The smallest absolute Gasteiger partial charge is 0.322 e. The predicted octanol–water partition coefficient (Wildman–Crippen LogP) is -2.78. The minimum Gasteiger partial charge on any atom is -0.480 e. The number of aliphatic hydroxyl groups is 1. The number of rotatable bonds is 5. The minimum absolute atomic E-state index is 0.214. The van der Waals surface area contributed by atoms with Crippen LogP contribution in [0.1, 0.15) is 6.92 Å². The molecule has 0 rings (SSSR count). The molecule has 0 aliphatic rings. The first-order chi connectivity index (χ1) is 6.36. The van der Waals surface area contributed by atoms with Crippen molar-refractivity contribution < 1.29 is 19.8 Å². The second-order valence-electron chi connectivity index (χ2n) is 2.96. The van der Waals surface area contributed by atoms with E-state index >= 15 is 0 Å². The number of carbonyl (C=O) groups is 2. The summed E-state index contributed by atoms with van der Waals surface area (Å²) < 4.78 is 0. The Kier molecular flexibility index (Phi) is 5.06. The third-order valence-corrected chi connectivity index (χ3v) is 1.64. The number of nitrogens with two attached hydrogens (primary N) is 2. The lowest BCUT2D eigenvalue weighted by Gasteiger charge is -2.15. The highest BCUT2D eigenvalue weighted by molar-refractivity contribution is 5.83. The first-order valence-electron chi connectivity index (χ1n) is 4.06. The molecule has 0 aromatic carbocycles. The Balaban J connectivity index is 3.91. The van der Waals surface area contributed by atoms with Crippen LogP contribution in [0.15, 0.2) is 0 Å². The molecule has 82 valence electrons. The third-order valence-electron chi connectivity index (χ3n) is 1.64. The van der Waals surface area contributed by atoms with E-state index < -0.39 is 30.1 Å². The van der Waals surface area contributed by atoms with Gasteiger partial charge in [0, 0.05) is 6.54 Å². The first kappa shape index (κ1) is 12.8. The molecule has 1 amide bonds. The normalized spacial score (nSPS) is 16.9. The van der Waals surface area contributed by atoms with E-state index in [0.29, 0.717) is 0 Å². The molecule has 0 aromatic rings. The van der Waals surface area contributed by atoms with Crippen LogP contribution in [0.5, 0.6) is 0 Å². The van der Waals surface area contributed by atoms with Gasteiger partial charge in [0.1, 0.15) is 12.1 Å². The molecule has 0 radical (unpaired) electrons. The maximum Gasteiger partial charge on any atom is 0.322 e. The van der Waals surface area contributed by atoms with E-state index in [1.54, 1.807) is 0 Å². The average molecular weight is 205 g/mol. The van der Waals surface area contributed by atoms with E-state index in [2.05, 4.69) is 5.32 Å². The summed E-state index contributed by atoms with van der Waals surface area (Å²) in [7, 11) is 0. The number of hydrogen-bond donors (Lipinski definition) is 5. The molecular weight excluding hydrogens is 190 g/mol. The van der Waals surface area contributed by atoms with Gasteiger partial charge in [-0.15, -0.1) is 0 Å². The van der Waals surface area contributed by atoms with Crippen molar-refractivity contribution in [1.29, 1.82) is 0 Å². The quantitative estimate of drug-likeness (QED) is 0.329. The lowest BCUT2D eigenvalue weighted by atomic mass is 10.2. The van der Waals surface area contributed by atoms with E-state index in [-0.39, 0.29) is 6.54 Å². The Labute approximate surface area is 81.1 Å². The summed E-state index contributed by atoms with van der Waals surface area (Å²) in [5.41, 5.74) is 10.4. The van der Waals surface area contributed by atoms with Gasteiger partial charge in [0.05, 0.1) is 6.10 Å². The molecule has 7 heteroatoms. The number of carboxylic acid groups (broad SMARTS) is 1. The Morgan fingerprint density at radius 2 is 1.93 bits per heavy atom. The van der Waals surface area contributed by atoms with Gasteiger partial charge >= 0.3 is 5.97 Å². The van der Waals surface area contributed by atoms with Crippen molar-refractivity contribution in [3.63, 3.8) is 0 Å². The third kappa shape index (κ3) is 4.17. The summed E-state index contributed by atoms with van der Waals surface area (Å²) in [6.45, 7) is 1.15. The fourth-order valence-corrected chi connectivity index (χ4v) is 0.635. The van der Waals surface area contributed by atoms with Gasteiger partial charge < -0.3 is 27.0 Å². The standard InChI is InChI=1S/C7H15N3O4/c1-3(11)5(9)6(12)10-2-4(8)7(13)14/h3-5,11H,2,8-9H2,1H3,(H,10,12)(H,13,14). The Morgan fingerprint density at radius 3 is 2.29 bits per heavy atom. The minimum atomic E-state index is -1.21. The van der Waals surface area contributed by atoms with Crippen molar-refractivity contribution in [3.05, 3.63) is 0 Å². The van der Waals surface area contributed by atoms with Crippen LogP contribution in [-0.2, 0) is 9.59 Å². The zero-order valence-electron chi connectivity index (χ0n) is 7.80. The number of nitrogens with one attached hydrogen (secondary N) is 1. The van der Waals surface area contributed by atoms with Gasteiger partial charge in [0.25, 0.3) is 0 Å².